The molecular formula is C32H40N6O3. The lowest BCUT2D eigenvalue weighted by atomic mass is 9.85. The predicted octanol–water partition coefficient (Wildman–Crippen LogP) is 4.23. The first-order valence-corrected chi connectivity index (χ1v) is 15.2. The Labute approximate surface area is 240 Å². The first-order chi connectivity index (χ1) is 20.1. The molecule has 216 valence electrons. The molecule has 3 aliphatic rings. The van der Waals surface area contributed by atoms with Crippen molar-refractivity contribution in [3.8, 4) is 17.3 Å². The maximum Gasteiger partial charge on any atom is 0.254 e. The molecule has 3 N–H and O–H groups in total. The van der Waals surface area contributed by atoms with Gasteiger partial charge in [0.2, 0.25) is 0 Å². The summed E-state index contributed by atoms with van der Waals surface area (Å²) in [6, 6.07) is 12.6. The quantitative estimate of drug-likeness (QED) is 0.337. The van der Waals surface area contributed by atoms with Crippen LogP contribution in [0.5, 0.6) is 5.75 Å². The van der Waals surface area contributed by atoms with Crippen molar-refractivity contribution < 1.29 is 14.6 Å². The van der Waals surface area contributed by atoms with Gasteiger partial charge in [0.15, 0.2) is 5.82 Å². The van der Waals surface area contributed by atoms with Gasteiger partial charge in [-0.25, -0.2) is 4.98 Å². The molecule has 9 nitrogen and oxygen atoms in total. The number of nitrogens with zero attached hydrogens (tertiary/aromatic N) is 5. The highest BCUT2D eigenvalue weighted by Crippen LogP contribution is 2.41. The van der Waals surface area contributed by atoms with Crippen LogP contribution in [-0.4, -0.2) is 76.0 Å². The van der Waals surface area contributed by atoms with Gasteiger partial charge in [-0.05, 0) is 62.3 Å². The highest BCUT2D eigenvalue weighted by Gasteiger charge is 2.29. The molecule has 41 heavy (non-hydrogen) atoms. The zero-order valence-corrected chi connectivity index (χ0v) is 23.9. The number of fused-ring (bicyclic) bond motifs is 1. The minimum atomic E-state index is -0.00780. The maximum absolute atomic E-state index is 13.6. The van der Waals surface area contributed by atoms with Crippen LogP contribution in [0.15, 0.2) is 36.4 Å². The average Bonchev–Trinajstić information content (AvgIpc) is 3.52. The van der Waals surface area contributed by atoms with Gasteiger partial charge in [0.25, 0.3) is 5.91 Å². The van der Waals surface area contributed by atoms with Crippen molar-refractivity contribution in [3.63, 3.8) is 0 Å². The van der Waals surface area contributed by atoms with E-state index in [1.165, 1.54) is 35.9 Å². The minimum absolute atomic E-state index is 0.00780. The number of carbonyl (C=O) groups excluding carboxylic acids is 1. The molecule has 1 unspecified atom stereocenters. The third-order valence-electron chi connectivity index (χ3n) is 9.33. The Morgan fingerprint density at radius 3 is 2.73 bits per heavy atom. The molecule has 1 amide bonds. The minimum Gasteiger partial charge on any atom is -0.494 e. The standard InChI is InChI=1S/C32H40N6O3/c1-41-28-18-23(32(40)36-11-4-9-24(33)20-36)16-25-30(28)38(19-21-6-2-7-21)31(34-25)27-17-22-8-3-10-26-29(22)37(27)14-13-35(26)12-5-15-39/h3,8,10,16-18,21,24,39H,2,4-7,9,11-15,19-20,33H2,1H3. The summed E-state index contributed by atoms with van der Waals surface area (Å²) in [5.74, 6) is 2.23. The zero-order chi connectivity index (χ0) is 28.1. The Hall–Kier alpha value is -3.56. The molecule has 0 radical (unpaired) electrons. The van der Waals surface area contributed by atoms with Crippen LogP contribution in [-0.2, 0) is 13.1 Å². The Bertz CT molecular complexity index is 1600. The fourth-order valence-corrected chi connectivity index (χ4v) is 7.01. The summed E-state index contributed by atoms with van der Waals surface area (Å²) in [5.41, 5.74) is 12.1. The number of benzene rings is 2. The maximum atomic E-state index is 13.6. The highest BCUT2D eigenvalue weighted by atomic mass is 16.5. The molecule has 4 heterocycles. The van der Waals surface area contributed by atoms with Gasteiger partial charge in [-0.3, -0.25) is 4.79 Å². The molecule has 9 heteroatoms. The normalized spacial score (nSPS) is 19.2. The van der Waals surface area contributed by atoms with E-state index in [0.29, 0.717) is 23.8 Å². The molecule has 2 aromatic heterocycles. The van der Waals surface area contributed by atoms with Crippen molar-refractivity contribution in [1.82, 2.24) is 19.0 Å². The van der Waals surface area contributed by atoms with Crippen LogP contribution in [0.25, 0.3) is 33.5 Å². The van der Waals surface area contributed by atoms with Crippen LogP contribution < -0.4 is 15.4 Å². The van der Waals surface area contributed by atoms with Crippen LogP contribution in [0.1, 0.15) is 48.9 Å². The van der Waals surface area contributed by atoms with E-state index < -0.39 is 0 Å². The third kappa shape index (κ3) is 4.55. The summed E-state index contributed by atoms with van der Waals surface area (Å²) in [7, 11) is 1.68. The van der Waals surface area contributed by atoms with E-state index in [-0.39, 0.29) is 18.6 Å². The Morgan fingerprint density at radius 2 is 1.98 bits per heavy atom. The third-order valence-corrected chi connectivity index (χ3v) is 9.33. The van der Waals surface area contributed by atoms with Gasteiger partial charge in [0, 0.05) is 62.9 Å². The van der Waals surface area contributed by atoms with Crippen molar-refractivity contribution >= 4 is 33.5 Å². The van der Waals surface area contributed by atoms with Crippen LogP contribution in [0, 0.1) is 5.92 Å². The van der Waals surface area contributed by atoms with Gasteiger partial charge < -0.3 is 34.5 Å². The Morgan fingerprint density at radius 1 is 1.10 bits per heavy atom. The molecule has 1 saturated heterocycles. The van der Waals surface area contributed by atoms with Gasteiger partial charge in [0.1, 0.15) is 11.3 Å². The van der Waals surface area contributed by atoms with E-state index in [9.17, 15) is 9.90 Å². The Balaban J connectivity index is 1.37. The van der Waals surface area contributed by atoms with Crippen LogP contribution >= 0.6 is 0 Å². The first kappa shape index (κ1) is 26.3. The molecule has 1 atom stereocenters. The van der Waals surface area contributed by atoms with Gasteiger partial charge >= 0.3 is 0 Å². The summed E-state index contributed by atoms with van der Waals surface area (Å²) < 4.78 is 10.7. The summed E-state index contributed by atoms with van der Waals surface area (Å²) in [5, 5.41) is 10.6. The second-order valence-electron chi connectivity index (χ2n) is 12.0. The SMILES string of the molecule is COc1cc(C(=O)N2CCCC(N)C2)cc2nc(-c3cc4cccc5c4n3CCN5CCCO)n(CC3CCC3)c12. The molecule has 4 aromatic rings. The number of para-hydroxylation sites is 1. The number of piperidine rings is 1. The fourth-order valence-electron chi connectivity index (χ4n) is 7.01. The van der Waals surface area contributed by atoms with E-state index in [0.717, 1.165) is 74.5 Å². The number of aliphatic hydroxyl groups excluding tert-OH is 1. The summed E-state index contributed by atoms with van der Waals surface area (Å²) >= 11 is 0. The average molecular weight is 557 g/mol. The van der Waals surface area contributed by atoms with Gasteiger partial charge in [-0.1, -0.05) is 18.6 Å². The largest absolute Gasteiger partial charge is 0.494 e. The number of anilines is 1. The number of hydrogen-bond donors (Lipinski definition) is 2. The van der Waals surface area contributed by atoms with Crippen LogP contribution in [0.3, 0.4) is 0 Å². The van der Waals surface area contributed by atoms with Gasteiger partial charge in [0.05, 0.1) is 29.5 Å². The van der Waals surface area contributed by atoms with Crippen molar-refractivity contribution in [1.29, 1.82) is 0 Å². The topological polar surface area (TPSA) is 102 Å². The lowest BCUT2D eigenvalue weighted by molar-refractivity contribution is 0.0708. The zero-order valence-electron chi connectivity index (χ0n) is 23.9. The molecule has 2 fully saturated rings. The highest BCUT2D eigenvalue weighted by molar-refractivity contribution is 6.01. The Kier molecular flexibility index (Phi) is 6.87. The van der Waals surface area contributed by atoms with Crippen LogP contribution in [0.4, 0.5) is 5.69 Å². The number of nitrogens with two attached hydrogens (primary N) is 1. The number of ether oxygens (including phenoxy) is 1. The lowest BCUT2D eigenvalue weighted by Gasteiger charge is -2.31. The van der Waals surface area contributed by atoms with Gasteiger partial charge in [-0.2, -0.15) is 0 Å². The molecule has 1 saturated carbocycles. The molecule has 1 aliphatic carbocycles. The number of imidazole rings is 1. The number of likely N-dealkylation sites (tertiary alicyclic amines) is 1. The summed E-state index contributed by atoms with van der Waals surface area (Å²) in [6.07, 6.45) is 6.35. The summed E-state index contributed by atoms with van der Waals surface area (Å²) in [6.45, 7) is 4.96. The number of methoxy groups -OCH3 is 1. The molecule has 0 spiro atoms. The van der Waals surface area contributed by atoms with E-state index in [4.69, 9.17) is 15.5 Å². The van der Waals surface area contributed by atoms with Crippen molar-refractivity contribution in [2.75, 3.05) is 44.8 Å². The number of hydrogen-bond acceptors (Lipinski definition) is 6. The molecule has 0 bridgehead atoms. The van der Waals surface area contributed by atoms with E-state index in [1.54, 1.807) is 7.11 Å². The van der Waals surface area contributed by atoms with E-state index in [1.807, 2.05) is 17.0 Å². The van der Waals surface area contributed by atoms with E-state index >= 15 is 0 Å². The van der Waals surface area contributed by atoms with E-state index in [2.05, 4.69) is 38.3 Å². The van der Waals surface area contributed by atoms with Crippen molar-refractivity contribution in [2.45, 2.75) is 57.7 Å². The second-order valence-corrected chi connectivity index (χ2v) is 12.0. The number of rotatable bonds is 8. The number of aromatic nitrogens is 3. The molecule has 7 rings (SSSR count). The number of carbonyl (C=O) groups is 1. The monoisotopic (exact) mass is 556 g/mol. The lowest BCUT2D eigenvalue weighted by Crippen LogP contribution is -2.45. The van der Waals surface area contributed by atoms with Crippen LogP contribution in [0.2, 0.25) is 0 Å². The fraction of sp³-hybridized carbons (Fsp3) is 0.500. The predicted molar refractivity (Wildman–Crippen MR) is 162 cm³/mol. The van der Waals surface area contributed by atoms with Gasteiger partial charge in [-0.15, -0.1) is 0 Å². The molecule has 2 aromatic carbocycles. The molecular weight excluding hydrogens is 516 g/mol. The number of aliphatic hydroxyl groups is 1. The molecule has 2 aliphatic heterocycles. The summed E-state index contributed by atoms with van der Waals surface area (Å²) in [4.78, 5) is 23.1. The van der Waals surface area contributed by atoms with Crippen molar-refractivity contribution in [3.05, 3.63) is 42.0 Å². The second kappa shape index (κ2) is 10.7. The van der Waals surface area contributed by atoms with Crippen molar-refractivity contribution in [2.24, 2.45) is 11.7 Å². The smallest absolute Gasteiger partial charge is 0.254 e. The first-order valence-electron chi connectivity index (χ1n) is 15.2. The number of amides is 1.